The van der Waals surface area contributed by atoms with Gasteiger partial charge in [-0.05, 0) is 42.8 Å². The van der Waals surface area contributed by atoms with Crippen LogP contribution in [0.5, 0.6) is 5.88 Å². The summed E-state index contributed by atoms with van der Waals surface area (Å²) in [5, 5.41) is 12.4. The van der Waals surface area contributed by atoms with E-state index >= 15 is 0 Å². The van der Waals surface area contributed by atoms with Crippen molar-refractivity contribution >= 4 is 34.4 Å². The van der Waals surface area contributed by atoms with Crippen LogP contribution >= 0.6 is 11.6 Å². The van der Waals surface area contributed by atoms with E-state index in [1.807, 2.05) is 25.1 Å². The van der Waals surface area contributed by atoms with Crippen molar-refractivity contribution in [3.63, 3.8) is 0 Å². The van der Waals surface area contributed by atoms with Crippen molar-refractivity contribution in [1.29, 1.82) is 0 Å². The largest absolute Gasteiger partial charge is 0.494 e. The topological polar surface area (TPSA) is 67.5 Å². The highest BCUT2D eigenvalue weighted by molar-refractivity contribution is 6.32. The van der Waals surface area contributed by atoms with Gasteiger partial charge in [-0.15, -0.1) is 0 Å². The molecule has 4 aromatic rings. The lowest BCUT2D eigenvalue weighted by molar-refractivity contribution is 0.436. The van der Waals surface area contributed by atoms with Crippen LogP contribution in [0.3, 0.4) is 0 Å². The van der Waals surface area contributed by atoms with Crippen molar-refractivity contribution in [3.8, 4) is 11.6 Å². The van der Waals surface area contributed by atoms with Crippen LogP contribution in [0.25, 0.3) is 16.5 Å². The van der Waals surface area contributed by atoms with Crippen LogP contribution in [-0.2, 0) is 0 Å². The minimum Gasteiger partial charge on any atom is -0.494 e. The molecule has 2 aromatic carbocycles. The first-order chi connectivity index (χ1) is 13.6. The fraction of sp³-hybridized carbons (Fsp3) is 0.0455. The quantitative estimate of drug-likeness (QED) is 0.511. The lowest BCUT2D eigenvalue weighted by atomic mass is 10.1. The summed E-state index contributed by atoms with van der Waals surface area (Å²) >= 11 is 6.28. The molecule has 138 valence electrons. The van der Waals surface area contributed by atoms with Crippen LogP contribution in [0.1, 0.15) is 11.1 Å². The van der Waals surface area contributed by atoms with Gasteiger partial charge in [0, 0.05) is 23.2 Å². The molecule has 1 N–H and O–H groups in total. The molecule has 2 aromatic heterocycles. The van der Waals surface area contributed by atoms with Gasteiger partial charge in [-0.1, -0.05) is 41.9 Å². The smallest absolute Gasteiger partial charge is 0.265 e. The van der Waals surface area contributed by atoms with E-state index < -0.39 is 0 Å². The Hall–Kier alpha value is -3.44. The summed E-state index contributed by atoms with van der Waals surface area (Å²) in [6, 6.07) is 17.7. The number of fused-ring (bicyclic) bond motifs is 1. The maximum Gasteiger partial charge on any atom is 0.265 e. The average Bonchev–Trinajstić information content (AvgIpc) is 2.69. The Labute approximate surface area is 166 Å². The van der Waals surface area contributed by atoms with Gasteiger partial charge in [0.15, 0.2) is 5.82 Å². The van der Waals surface area contributed by atoms with Crippen LogP contribution in [0.2, 0.25) is 5.02 Å². The number of nitrogens with zero attached hydrogens (tertiary/aromatic N) is 3. The predicted octanol–water partition coefficient (Wildman–Crippen LogP) is 4.80. The first-order valence-corrected chi connectivity index (χ1v) is 9.02. The molecule has 5 nitrogen and oxygen atoms in total. The van der Waals surface area contributed by atoms with E-state index in [4.69, 9.17) is 11.6 Å². The Morgan fingerprint density at radius 1 is 1.07 bits per heavy atom. The summed E-state index contributed by atoms with van der Waals surface area (Å²) in [5.41, 5.74) is 1.49. The lowest BCUT2D eigenvalue weighted by Crippen LogP contribution is -2.20. The first-order valence-electron chi connectivity index (χ1n) is 8.64. The van der Waals surface area contributed by atoms with E-state index in [-0.39, 0.29) is 11.4 Å². The number of aliphatic imine (C=N–C) groups is 1. The van der Waals surface area contributed by atoms with E-state index in [9.17, 15) is 9.90 Å². The predicted molar refractivity (Wildman–Crippen MR) is 112 cm³/mol. The van der Waals surface area contributed by atoms with Crippen LogP contribution in [0.4, 0.5) is 5.82 Å². The zero-order chi connectivity index (χ0) is 19.7. The van der Waals surface area contributed by atoms with Crippen LogP contribution < -0.4 is 5.56 Å². The number of rotatable bonds is 3. The third-order valence-electron chi connectivity index (χ3n) is 4.42. The first kappa shape index (κ1) is 17.9. The van der Waals surface area contributed by atoms with Gasteiger partial charge in [-0.2, -0.15) is 0 Å². The van der Waals surface area contributed by atoms with E-state index in [0.717, 1.165) is 5.56 Å². The Balaban J connectivity index is 2.01. The number of aromatic nitrogens is 2. The number of pyridine rings is 2. The molecular weight excluding hydrogens is 374 g/mol. The van der Waals surface area contributed by atoms with Crippen molar-refractivity contribution in [2.75, 3.05) is 0 Å². The molecule has 0 amide bonds. The molecule has 0 radical (unpaired) electrons. The highest BCUT2D eigenvalue weighted by Gasteiger charge is 2.17. The number of benzene rings is 2. The molecule has 0 aliphatic carbocycles. The lowest BCUT2D eigenvalue weighted by Gasteiger charge is -2.14. The van der Waals surface area contributed by atoms with Crippen molar-refractivity contribution in [2.45, 2.75) is 6.92 Å². The minimum atomic E-state index is -0.355. The van der Waals surface area contributed by atoms with Gasteiger partial charge < -0.3 is 5.11 Å². The number of halogens is 1. The van der Waals surface area contributed by atoms with Gasteiger partial charge in [0.2, 0.25) is 5.88 Å². The van der Waals surface area contributed by atoms with E-state index in [2.05, 4.69) is 9.98 Å². The normalized spacial score (nSPS) is 11.4. The van der Waals surface area contributed by atoms with E-state index in [0.29, 0.717) is 32.9 Å². The molecule has 0 bridgehead atoms. The molecule has 28 heavy (non-hydrogen) atoms. The summed E-state index contributed by atoms with van der Waals surface area (Å²) in [6.45, 7) is 1.95. The van der Waals surface area contributed by atoms with Crippen LogP contribution in [0.15, 0.2) is 76.6 Å². The Bertz CT molecular complexity index is 1280. The second-order valence-corrected chi connectivity index (χ2v) is 6.73. The van der Waals surface area contributed by atoms with Gasteiger partial charge in [0.05, 0.1) is 16.3 Å². The standard InChI is InChI=1S/C22H16ClN3O2/c1-14-10-11-24-20(12-14)25-13-17-15-6-2-3-7-16(15)21(27)26(22(17)28)19-9-5-4-8-18(19)23/h2-13,28H,1H3. The molecule has 0 aliphatic rings. The molecule has 4 rings (SSSR count). The van der Waals surface area contributed by atoms with Gasteiger partial charge in [0.1, 0.15) is 0 Å². The summed E-state index contributed by atoms with van der Waals surface area (Å²) in [4.78, 5) is 21.7. The molecule has 6 heteroatoms. The molecule has 0 saturated carbocycles. The van der Waals surface area contributed by atoms with Gasteiger partial charge in [-0.25, -0.2) is 14.5 Å². The molecule has 0 spiro atoms. The van der Waals surface area contributed by atoms with Crippen molar-refractivity contribution in [3.05, 3.63) is 93.4 Å². The van der Waals surface area contributed by atoms with Crippen LogP contribution in [-0.4, -0.2) is 20.9 Å². The summed E-state index contributed by atoms with van der Waals surface area (Å²) < 4.78 is 1.20. The fourth-order valence-electron chi connectivity index (χ4n) is 3.07. The Kier molecular flexibility index (Phi) is 4.67. The fourth-order valence-corrected chi connectivity index (χ4v) is 3.29. The van der Waals surface area contributed by atoms with Gasteiger partial charge in [-0.3, -0.25) is 4.79 Å². The van der Waals surface area contributed by atoms with Crippen molar-refractivity contribution in [2.24, 2.45) is 4.99 Å². The zero-order valence-corrected chi connectivity index (χ0v) is 15.8. The maximum absolute atomic E-state index is 13.1. The maximum atomic E-state index is 13.1. The zero-order valence-electron chi connectivity index (χ0n) is 15.0. The summed E-state index contributed by atoms with van der Waals surface area (Å²) in [6.07, 6.45) is 3.19. The third-order valence-corrected chi connectivity index (χ3v) is 4.74. The van der Waals surface area contributed by atoms with Crippen molar-refractivity contribution in [1.82, 2.24) is 9.55 Å². The van der Waals surface area contributed by atoms with Crippen LogP contribution in [0, 0.1) is 6.92 Å². The van der Waals surface area contributed by atoms with E-state index in [1.54, 1.807) is 48.7 Å². The average molecular weight is 390 g/mol. The molecule has 2 heterocycles. The number of aromatic hydroxyl groups is 1. The second-order valence-electron chi connectivity index (χ2n) is 6.32. The number of para-hydroxylation sites is 1. The monoisotopic (exact) mass is 389 g/mol. The summed E-state index contributed by atoms with van der Waals surface area (Å²) in [7, 11) is 0. The number of hydrogen-bond acceptors (Lipinski definition) is 4. The summed E-state index contributed by atoms with van der Waals surface area (Å²) in [5.74, 6) is 0.284. The molecule has 0 saturated heterocycles. The molecular formula is C22H16ClN3O2. The minimum absolute atomic E-state index is 0.229. The Morgan fingerprint density at radius 2 is 1.79 bits per heavy atom. The number of aryl methyl sites for hydroxylation is 1. The second kappa shape index (κ2) is 7.29. The van der Waals surface area contributed by atoms with E-state index in [1.165, 1.54) is 10.8 Å². The molecule has 0 fully saturated rings. The molecule has 0 atom stereocenters. The van der Waals surface area contributed by atoms with Gasteiger partial charge >= 0.3 is 0 Å². The Morgan fingerprint density at radius 3 is 2.54 bits per heavy atom. The molecule has 0 unspecified atom stereocenters. The highest BCUT2D eigenvalue weighted by Crippen LogP contribution is 2.29. The highest BCUT2D eigenvalue weighted by atomic mass is 35.5. The SMILES string of the molecule is Cc1ccnc(N=Cc2c(O)n(-c3ccccc3Cl)c(=O)c3ccccc23)c1. The van der Waals surface area contributed by atoms with Crippen molar-refractivity contribution < 1.29 is 5.11 Å². The third kappa shape index (κ3) is 3.17. The number of hydrogen-bond donors (Lipinski definition) is 1. The molecule has 0 aliphatic heterocycles. The van der Waals surface area contributed by atoms with Gasteiger partial charge in [0.25, 0.3) is 5.56 Å².